The van der Waals surface area contributed by atoms with Crippen LogP contribution in [0.15, 0.2) is 204 Å². The molecule has 55 heavy (non-hydrogen) atoms. The number of nitrogens with zero attached hydrogens (tertiary/aromatic N) is 5. The summed E-state index contributed by atoms with van der Waals surface area (Å²) in [5.41, 5.74) is 10.4. The van der Waals surface area contributed by atoms with E-state index in [0.29, 0.717) is 17.5 Å². The zero-order chi connectivity index (χ0) is 36.8. The van der Waals surface area contributed by atoms with Gasteiger partial charge in [0.25, 0.3) is 0 Å². The van der Waals surface area contributed by atoms with Gasteiger partial charge in [0.05, 0.1) is 5.56 Å². The number of hydrogen-bond donors (Lipinski definition) is 1. The number of aromatic nitrogens is 3. The zero-order valence-electron chi connectivity index (χ0n) is 30.1. The van der Waals surface area contributed by atoms with E-state index >= 15 is 0 Å². The highest BCUT2D eigenvalue weighted by atomic mass is 15.1. The quantitative estimate of drug-likeness (QED) is 0.171. The number of amidine groups is 2. The molecule has 1 aliphatic rings. The molecule has 7 aromatic carbocycles. The van der Waals surface area contributed by atoms with Crippen molar-refractivity contribution < 1.29 is 5.32 Å². The fourth-order valence-electron chi connectivity index (χ4n) is 6.95. The van der Waals surface area contributed by atoms with Crippen molar-refractivity contribution in [2.24, 2.45) is 9.98 Å². The Morgan fingerprint density at radius 1 is 0.382 bits per heavy atom. The van der Waals surface area contributed by atoms with Crippen LogP contribution >= 0.6 is 0 Å². The number of benzene rings is 7. The molecule has 0 amide bonds. The summed E-state index contributed by atoms with van der Waals surface area (Å²) in [4.78, 5) is 25.4. The van der Waals surface area contributed by atoms with Crippen LogP contribution in [0.5, 0.6) is 0 Å². The summed E-state index contributed by atoms with van der Waals surface area (Å²) in [6.45, 7) is 0.727. The second kappa shape index (κ2) is 15.4. The molecule has 1 aliphatic heterocycles. The highest BCUT2D eigenvalue weighted by Gasteiger charge is 2.25. The molecule has 6 nitrogen and oxygen atoms in total. The van der Waals surface area contributed by atoms with Crippen LogP contribution in [0.1, 0.15) is 22.7 Å². The Balaban J connectivity index is 1.14. The van der Waals surface area contributed by atoms with Crippen LogP contribution in [0, 0.1) is 0 Å². The van der Waals surface area contributed by atoms with Gasteiger partial charge in [0, 0.05) is 22.3 Å². The lowest BCUT2D eigenvalue weighted by Crippen LogP contribution is -2.89. The van der Waals surface area contributed by atoms with Gasteiger partial charge in [-0.1, -0.05) is 182 Å². The highest BCUT2D eigenvalue weighted by molar-refractivity contribution is 6.11. The van der Waals surface area contributed by atoms with Crippen LogP contribution in [0.3, 0.4) is 0 Å². The highest BCUT2D eigenvalue weighted by Crippen LogP contribution is 2.32. The molecule has 0 saturated carbocycles. The molecule has 6 heteroatoms. The third-order valence-corrected chi connectivity index (χ3v) is 9.81. The third-order valence-electron chi connectivity index (χ3n) is 9.81. The Kier molecular flexibility index (Phi) is 9.46. The molecule has 0 spiro atoms. The predicted octanol–water partition coefficient (Wildman–Crippen LogP) is 9.72. The summed E-state index contributed by atoms with van der Waals surface area (Å²) in [5.74, 6) is 3.52. The van der Waals surface area contributed by atoms with Crippen molar-refractivity contribution in [1.82, 2.24) is 15.0 Å². The molecule has 9 rings (SSSR count). The minimum Gasteiger partial charge on any atom is -0.295 e. The summed E-state index contributed by atoms with van der Waals surface area (Å²) in [7, 11) is 0. The molecule has 2 N–H and O–H groups in total. The second-order valence-electron chi connectivity index (χ2n) is 13.4. The summed E-state index contributed by atoms with van der Waals surface area (Å²) in [5, 5.41) is 2.24. The Morgan fingerprint density at radius 2 is 0.818 bits per heavy atom. The first-order valence-electron chi connectivity index (χ1n) is 18.5. The largest absolute Gasteiger partial charge is 0.295 e. The minimum atomic E-state index is -0.0501. The number of hydrogen-bond acceptors (Lipinski definition) is 5. The topological polar surface area (TPSA) is 80.0 Å². The lowest BCUT2D eigenvalue weighted by atomic mass is 9.93. The SMILES string of the molecule is c1ccc(C2=NC(c3ccccc3)C[NH2+]C(c3ccc(-c4ccccc4)cc3-c3ccc(-c4nc(-c5ccccc5)nc(-c5ccccc5)n4)cc3)=N2)cc1. The van der Waals surface area contributed by atoms with E-state index in [9.17, 15) is 0 Å². The van der Waals surface area contributed by atoms with Gasteiger partial charge in [0.15, 0.2) is 23.3 Å². The van der Waals surface area contributed by atoms with Crippen LogP contribution in [-0.4, -0.2) is 33.2 Å². The van der Waals surface area contributed by atoms with Gasteiger partial charge in [0.2, 0.25) is 5.84 Å². The summed E-state index contributed by atoms with van der Waals surface area (Å²) in [6, 6.07) is 66.6. The Morgan fingerprint density at radius 3 is 1.36 bits per heavy atom. The fourth-order valence-corrected chi connectivity index (χ4v) is 6.95. The van der Waals surface area contributed by atoms with Crippen molar-refractivity contribution in [2.45, 2.75) is 6.04 Å². The van der Waals surface area contributed by atoms with Gasteiger partial charge in [0.1, 0.15) is 12.6 Å². The number of nitrogens with two attached hydrogens (primary N) is 1. The summed E-state index contributed by atoms with van der Waals surface area (Å²) >= 11 is 0. The Hall–Kier alpha value is -7.15. The van der Waals surface area contributed by atoms with Crippen LogP contribution in [-0.2, 0) is 0 Å². The predicted molar refractivity (Wildman–Crippen MR) is 222 cm³/mol. The van der Waals surface area contributed by atoms with E-state index < -0.39 is 0 Å². The Bertz CT molecular complexity index is 2550. The minimum absolute atomic E-state index is 0.0501. The smallest absolute Gasteiger partial charge is 0.234 e. The maximum Gasteiger partial charge on any atom is 0.234 e. The van der Waals surface area contributed by atoms with Crippen LogP contribution < -0.4 is 5.32 Å². The summed E-state index contributed by atoms with van der Waals surface area (Å²) < 4.78 is 0. The molecular formula is C49H37N6+. The molecule has 0 bridgehead atoms. The molecule has 1 unspecified atom stereocenters. The molecule has 0 fully saturated rings. The molecule has 0 radical (unpaired) electrons. The van der Waals surface area contributed by atoms with Crippen molar-refractivity contribution in [3.63, 3.8) is 0 Å². The molecule has 0 saturated heterocycles. The van der Waals surface area contributed by atoms with Gasteiger partial charge in [-0.3, -0.25) is 10.3 Å². The van der Waals surface area contributed by atoms with E-state index in [2.05, 4.69) is 108 Å². The number of quaternary nitrogens is 1. The van der Waals surface area contributed by atoms with E-state index in [4.69, 9.17) is 24.9 Å². The van der Waals surface area contributed by atoms with Gasteiger partial charge >= 0.3 is 0 Å². The van der Waals surface area contributed by atoms with Crippen molar-refractivity contribution in [3.05, 3.63) is 211 Å². The van der Waals surface area contributed by atoms with E-state index in [1.54, 1.807) is 0 Å². The average molecular weight is 710 g/mol. The first kappa shape index (κ1) is 33.7. The van der Waals surface area contributed by atoms with E-state index in [1.165, 1.54) is 5.56 Å². The van der Waals surface area contributed by atoms with Gasteiger partial charge in [-0.05, 0) is 39.9 Å². The van der Waals surface area contributed by atoms with Crippen LogP contribution in [0.25, 0.3) is 56.4 Å². The zero-order valence-corrected chi connectivity index (χ0v) is 30.1. The molecule has 1 aromatic heterocycles. The van der Waals surface area contributed by atoms with Crippen molar-refractivity contribution in [1.29, 1.82) is 0 Å². The van der Waals surface area contributed by atoms with Crippen molar-refractivity contribution in [3.8, 4) is 56.4 Å². The van der Waals surface area contributed by atoms with Gasteiger partial charge in [-0.2, -0.15) is 4.99 Å². The van der Waals surface area contributed by atoms with Gasteiger partial charge < -0.3 is 0 Å². The van der Waals surface area contributed by atoms with Crippen molar-refractivity contribution in [2.75, 3.05) is 6.54 Å². The van der Waals surface area contributed by atoms with Crippen molar-refractivity contribution >= 4 is 11.7 Å². The monoisotopic (exact) mass is 709 g/mol. The van der Waals surface area contributed by atoms with Crippen LogP contribution in [0.2, 0.25) is 0 Å². The Labute approximate surface area is 320 Å². The molecule has 0 aliphatic carbocycles. The van der Waals surface area contributed by atoms with Crippen LogP contribution in [0.4, 0.5) is 0 Å². The fraction of sp³-hybridized carbons (Fsp3) is 0.0408. The number of aliphatic imine (C=N–C) groups is 2. The third kappa shape index (κ3) is 7.40. The molecule has 8 aromatic rings. The molecular weight excluding hydrogens is 673 g/mol. The summed E-state index contributed by atoms with van der Waals surface area (Å²) in [6.07, 6.45) is 0. The second-order valence-corrected chi connectivity index (χ2v) is 13.4. The average Bonchev–Trinajstić information content (AvgIpc) is 3.51. The van der Waals surface area contributed by atoms with E-state index in [-0.39, 0.29) is 6.04 Å². The standard InChI is InChI=1S/C49H36N6/c1-6-16-34(17-7-1)41-30-31-42(49-50-33-44(36-18-8-2-9-19-36)51-45(55-49)37-20-10-3-11-21-37)43(32-41)35-26-28-40(29-27-35)48-53-46(38-22-12-4-13-23-38)52-47(54-48)39-24-14-5-15-25-39/h1-32,44H,33H2,(H,50,51,55)/p+1. The maximum atomic E-state index is 5.31. The number of rotatable bonds is 8. The molecule has 2 heterocycles. The lowest BCUT2D eigenvalue weighted by Gasteiger charge is -2.14. The normalized spacial score (nSPS) is 14.1. The first-order valence-corrected chi connectivity index (χ1v) is 18.5. The van der Waals surface area contributed by atoms with E-state index in [0.717, 1.165) is 68.3 Å². The van der Waals surface area contributed by atoms with E-state index in [1.807, 2.05) is 91.0 Å². The van der Waals surface area contributed by atoms with Gasteiger partial charge in [-0.15, -0.1) is 0 Å². The van der Waals surface area contributed by atoms with Gasteiger partial charge in [-0.25, -0.2) is 15.0 Å². The first-order chi connectivity index (χ1) is 27.2. The maximum absolute atomic E-state index is 5.31. The molecule has 262 valence electrons. The lowest BCUT2D eigenvalue weighted by molar-refractivity contribution is -0.541. The molecule has 1 atom stereocenters.